The highest BCUT2D eigenvalue weighted by molar-refractivity contribution is 5.23. The molecule has 0 aliphatic carbocycles. The minimum absolute atomic E-state index is 0.00538. The van der Waals surface area contributed by atoms with Crippen LogP contribution in [0, 0.1) is 6.67 Å². The SMILES string of the molecule is CCCCCCCCCCCCCCCCOCC(COCc1cccc(CN2[CH]N(CC)C=C2)c1)OCC. The van der Waals surface area contributed by atoms with E-state index in [0.29, 0.717) is 26.4 Å². The predicted molar refractivity (Wildman–Crippen MR) is 164 cm³/mol. The quantitative estimate of drug-likeness (QED) is 0.109. The fourth-order valence-electron chi connectivity index (χ4n) is 5.05. The predicted octanol–water partition coefficient (Wildman–Crippen LogP) is 8.83. The Morgan fingerprint density at radius 2 is 1.26 bits per heavy atom. The average molecular weight is 544 g/mol. The lowest BCUT2D eigenvalue weighted by Crippen LogP contribution is -2.26. The zero-order valence-electron chi connectivity index (χ0n) is 25.6. The van der Waals surface area contributed by atoms with Crippen LogP contribution < -0.4 is 0 Å². The van der Waals surface area contributed by atoms with Crippen LogP contribution in [0.25, 0.3) is 0 Å². The minimum atomic E-state index is -0.00538. The van der Waals surface area contributed by atoms with Crippen LogP contribution in [0.15, 0.2) is 36.7 Å². The maximum Gasteiger partial charge on any atom is 0.141 e. The summed E-state index contributed by atoms with van der Waals surface area (Å²) in [5, 5.41) is 0. The lowest BCUT2D eigenvalue weighted by Gasteiger charge is -2.19. The molecule has 0 amide bonds. The van der Waals surface area contributed by atoms with Gasteiger partial charge in [0.15, 0.2) is 0 Å². The number of unbranched alkanes of at least 4 members (excludes halogenated alkanes) is 13. The van der Waals surface area contributed by atoms with E-state index in [2.05, 4.69) is 67.0 Å². The summed E-state index contributed by atoms with van der Waals surface area (Å²) in [5.74, 6) is 0. The molecule has 1 aliphatic heterocycles. The van der Waals surface area contributed by atoms with Gasteiger partial charge in [-0.1, -0.05) is 115 Å². The first-order valence-corrected chi connectivity index (χ1v) is 16.1. The van der Waals surface area contributed by atoms with E-state index in [1.54, 1.807) is 0 Å². The van der Waals surface area contributed by atoms with Crippen LogP contribution in [0.5, 0.6) is 0 Å². The van der Waals surface area contributed by atoms with Crippen LogP contribution in [-0.2, 0) is 27.4 Å². The summed E-state index contributed by atoms with van der Waals surface area (Å²) in [6.07, 6.45) is 23.5. The van der Waals surface area contributed by atoms with Crippen molar-refractivity contribution in [3.63, 3.8) is 0 Å². The number of ether oxygens (including phenoxy) is 3. The van der Waals surface area contributed by atoms with E-state index >= 15 is 0 Å². The molecule has 1 atom stereocenters. The normalized spacial score (nSPS) is 14.0. The average Bonchev–Trinajstić information content (AvgIpc) is 3.40. The van der Waals surface area contributed by atoms with Gasteiger partial charge in [0.2, 0.25) is 0 Å². The fourth-order valence-corrected chi connectivity index (χ4v) is 5.05. The molecule has 1 radical (unpaired) electrons. The van der Waals surface area contributed by atoms with Gasteiger partial charge in [-0.25, -0.2) is 0 Å². The highest BCUT2D eigenvalue weighted by Gasteiger charge is 2.13. The number of benzene rings is 1. The maximum atomic E-state index is 6.02. The first kappa shape index (κ1) is 33.6. The van der Waals surface area contributed by atoms with Crippen LogP contribution in [0.2, 0.25) is 0 Å². The van der Waals surface area contributed by atoms with Gasteiger partial charge in [0.1, 0.15) is 12.8 Å². The summed E-state index contributed by atoms with van der Waals surface area (Å²) in [6, 6.07) is 8.66. The molecular weight excluding hydrogens is 484 g/mol. The molecule has 2 rings (SSSR count). The Bertz CT molecular complexity index is 726. The minimum Gasteiger partial charge on any atom is -0.379 e. The van der Waals surface area contributed by atoms with Gasteiger partial charge in [0.05, 0.1) is 19.8 Å². The highest BCUT2D eigenvalue weighted by Crippen LogP contribution is 2.17. The number of hydrogen-bond acceptors (Lipinski definition) is 5. The molecule has 0 bridgehead atoms. The van der Waals surface area contributed by atoms with Crippen LogP contribution in [0.4, 0.5) is 0 Å². The number of nitrogens with zero attached hydrogens (tertiary/aromatic N) is 2. The molecule has 5 heteroatoms. The molecule has 1 unspecified atom stereocenters. The second-order valence-electron chi connectivity index (χ2n) is 11.0. The maximum absolute atomic E-state index is 6.02. The third-order valence-corrected chi connectivity index (χ3v) is 7.39. The van der Waals surface area contributed by atoms with Crippen molar-refractivity contribution in [2.24, 2.45) is 0 Å². The molecule has 1 aromatic carbocycles. The second-order valence-corrected chi connectivity index (χ2v) is 11.0. The van der Waals surface area contributed by atoms with Crippen LogP contribution >= 0.6 is 0 Å². The number of hydrogen-bond donors (Lipinski definition) is 0. The number of rotatable bonds is 26. The first-order chi connectivity index (χ1) is 19.2. The molecule has 0 aromatic heterocycles. The van der Waals surface area contributed by atoms with Crippen molar-refractivity contribution in [1.82, 2.24) is 9.80 Å². The summed E-state index contributed by atoms with van der Waals surface area (Å²) < 4.78 is 17.8. The van der Waals surface area contributed by atoms with Gasteiger partial charge in [-0.05, 0) is 31.4 Å². The van der Waals surface area contributed by atoms with Gasteiger partial charge in [-0.15, -0.1) is 0 Å². The summed E-state index contributed by atoms with van der Waals surface area (Å²) in [4.78, 5) is 4.40. The molecule has 5 nitrogen and oxygen atoms in total. The van der Waals surface area contributed by atoms with E-state index < -0.39 is 0 Å². The van der Waals surface area contributed by atoms with Gasteiger partial charge < -0.3 is 24.0 Å². The Balaban J connectivity index is 1.45. The Kier molecular flexibility index (Phi) is 20.0. The summed E-state index contributed by atoms with van der Waals surface area (Å²) in [7, 11) is 0. The second kappa shape index (κ2) is 23.2. The fraction of sp³-hybridized carbons (Fsp3) is 0.735. The zero-order chi connectivity index (χ0) is 27.8. The largest absolute Gasteiger partial charge is 0.379 e. The van der Waals surface area contributed by atoms with Crippen molar-refractivity contribution in [2.75, 3.05) is 33.0 Å². The Morgan fingerprint density at radius 3 is 1.87 bits per heavy atom. The van der Waals surface area contributed by atoms with Crippen LogP contribution in [-0.4, -0.2) is 48.9 Å². The lowest BCUT2D eigenvalue weighted by molar-refractivity contribution is -0.0601. The van der Waals surface area contributed by atoms with Gasteiger partial charge in [-0.2, -0.15) is 0 Å². The van der Waals surface area contributed by atoms with Crippen molar-refractivity contribution < 1.29 is 14.2 Å². The van der Waals surface area contributed by atoms with Crippen LogP contribution in [0.1, 0.15) is 122 Å². The van der Waals surface area contributed by atoms with Crippen molar-refractivity contribution in [3.8, 4) is 0 Å². The van der Waals surface area contributed by atoms with E-state index in [-0.39, 0.29) is 6.10 Å². The molecule has 0 fully saturated rings. The van der Waals surface area contributed by atoms with Gasteiger partial charge >= 0.3 is 0 Å². The van der Waals surface area contributed by atoms with Crippen LogP contribution in [0.3, 0.4) is 0 Å². The lowest BCUT2D eigenvalue weighted by atomic mass is 10.0. The molecule has 1 heterocycles. The molecule has 1 aromatic rings. The van der Waals surface area contributed by atoms with Crippen molar-refractivity contribution in [3.05, 3.63) is 54.5 Å². The Morgan fingerprint density at radius 1 is 0.667 bits per heavy atom. The smallest absolute Gasteiger partial charge is 0.141 e. The molecule has 223 valence electrons. The molecule has 0 N–H and O–H groups in total. The van der Waals surface area contributed by atoms with Crippen molar-refractivity contribution in [1.29, 1.82) is 0 Å². The zero-order valence-corrected chi connectivity index (χ0v) is 25.6. The summed E-state index contributed by atoms with van der Waals surface area (Å²) >= 11 is 0. The summed E-state index contributed by atoms with van der Waals surface area (Å²) in [5.41, 5.74) is 2.48. The molecule has 0 saturated heterocycles. The van der Waals surface area contributed by atoms with Gasteiger partial charge in [-0.3, -0.25) is 0 Å². The first-order valence-electron chi connectivity index (χ1n) is 16.1. The van der Waals surface area contributed by atoms with E-state index in [1.165, 1.54) is 94.6 Å². The van der Waals surface area contributed by atoms with E-state index in [4.69, 9.17) is 14.2 Å². The van der Waals surface area contributed by atoms with Gasteiger partial charge in [0, 0.05) is 38.7 Å². The van der Waals surface area contributed by atoms with E-state index in [9.17, 15) is 0 Å². The molecule has 1 aliphatic rings. The van der Waals surface area contributed by atoms with E-state index in [0.717, 1.165) is 26.1 Å². The summed E-state index contributed by atoms with van der Waals surface area (Å²) in [6.45, 7) is 13.8. The van der Waals surface area contributed by atoms with Gasteiger partial charge in [0.25, 0.3) is 0 Å². The molecular formula is C34H59N2O3. The Labute approximate surface area is 241 Å². The molecule has 0 saturated carbocycles. The third-order valence-electron chi connectivity index (χ3n) is 7.39. The highest BCUT2D eigenvalue weighted by atomic mass is 16.6. The van der Waals surface area contributed by atoms with E-state index in [1.807, 2.05) is 6.92 Å². The Hall–Kier alpha value is -1.56. The van der Waals surface area contributed by atoms with Crippen molar-refractivity contribution >= 4 is 0 Å². The standard InChI is InChI=1S/C34H59N2O3/c1-4-7-8-9-10-11-12-13-14-15-16-17-18-19-25-37-29-34(39-6-3)30-38-28-33-22-20-21-32(26-33)27-36-24-23-35(5-2)31-36/h20-24,26,31,34H,4-19,25,27-30H2,1-3H3. The molecule has 39 heavy (non-hydrogen) atoms. The topological polar surface area (TPSA) is 34.2 Å². The monoisotopic (exact) mass is 543 g/mol. The molecule has 0 spiro atoms. The third kappa shape index (κ3) is 17.0. The van der Waals surface area contributed by atoms with Crippen molar-refractivity contribution in [2.45, 2.75) is 130 Å².